The number of nitrogens with zero attached hydrogens (tertiary/aromatic N) is 1. The van der Waals surface area contributed by atoms with Crippen molar-refractivity contribution in [3.63, 3.8) is 0 Å². The van der Waals surface area contributed by atoms with Crippen LogP contribution in [0.25, 0.3) is 0 Å². The minimum absolute atomic E-state index is 0.107. The fourth-order valence-corrected chi connectivity index (χ4v) is 4.30. The molecule has 0 aliphatic carbocycles. The van der Waals surface area contributed by atoms with E-state index in [0.29, 0.717) is 21.5 Å². The van der Waals surface area contributed by atoms with Crippen LogP contribution in [0, 0.1) is 0 Å². The van der Waals surface area contributed by atoms with Gasteiger partial charge in [-0.3, -0.25) is 9.59 Å². The lowest BCUT2D eigenvalue weighted by atomic mass is 10.00. The lowest BCUT2D eigenvalue weighted by Gasteiger charge is -2.34. The molecule has 3 rings (SSSR count). The second kappa shape index (κ2) is 11.9. The average Bonchev–Trinajstić information content (AvgIpc) is 2.78. The van der Waals surface area contributed by atoms with Gasteiger partial charge in [-0.2, -0.15) is 0 Å². The molecule has 0 bridgehead atoms. The molecule has 0 unspecified atom stereocenters. The highest BCUT2D eigenvalue weighted by atomic mass is 35.5. The number of carbonyl (C=O) groups is 2. The van der Waals surface area contributed by atoms with E-state index >= 15 is 0 Å². The van der Waals surface area contributed by atoms with E-state index in [4.69, 9.17) is 34.8 Å². The molecule has 1 atom stereocenters. The van der Waals surface area contributed by atoms with Crippen LogP contribution in [0.2, 0.25) is 15.1 Å². The molecule has 4 nitrogen and oxygen atoms in total. The van der Waals surface area contributed by atoms with Crippen LogP contribution in [0.3, 0.4) is 0 Å². The van der Waals surface area contributed by atoms with Gasteiger partial charge in [-0.15, -0.1) is 0 Å². The topological polar surface area (TPSA) is 49.4 Å². The molecule has 0 aromatic heterocycles. The molecule has 0 saturated heterocycles. The monoisotopic (exact) mass is 530 g/mol. The predicted octanol–water partition coefficient (Wildman–Crippen LogP) is 6.74. The van der Waals surface area contributed by atoms with Crippen LogP contribution in [-0.4, -0.2) is 28.3 Å². The number of hydrogen-bond acceptors (Lipinski definition) is 2. The first-order valence-electron chi connectivity index (χ1n) is 11.4. The molecule has 0 saturated carbocycles. The van der Waals surface area contributed by atoms with Crippen molar-refractivity contribution in [1.82, 2.24) is 10.2 Å². The standard InChI is InChI=1S/C28H29Cl3N2O2/c1-28(2,3)32-27(35)25(16-19-8-5-4-6-9-19)33(18-21-12-13-23(30)24(31)15-21)26(34)17-20-10-7-11-22(29)14-20/h4-15,25H,16-18H2,1-3H3,(H,32,35)/t25-/m0/s1. The molecule has 7 heteroatoms. The number of nitrogens with one attached hydrogen (secondary N) is 1. The summed E-state index contributed by atoms with van der Waals surface area (Å²) in [6.07, 6.45) is 0.474. The van der Waals surface area contributed by atoms with Crippen LogP contribution in [-0.2, 0) is 29.0 Å². The Labute approximate surface area is 222 Å². The normalized spacial score (nSPS) is 12.2. The molecule has 0 aliphatic heterocycles. The van der Waals surface area contributed by atoms with Gasteiger partial charge in [-0.25, -0.2) is 0 Å². The van der Waals surface area contributed by atoms with Crippen molar-refractivity contribution >= 4 is 46.6 Å². The first-order valence-corrected chi connectivity index (χ1v) is 12.5. The molecular weight excluding hydrogens is 503 g/mol. The van der Waals surface area contributed by atoms with Crippen molar-refractivity contribution < 1.29 is 9.59 Å². The Balaban J connectivity index is 2.01. The van der Waals surface area contributed by atoms with Crippen molar-refractivity contribution in [2.24, 2.45) is 0 Å². The van der Waals surface area contributed by atoms with E-state index in [-0.39, 0.29) is 24.8 Å². The third kappa shape index (κ3) is 8.28. The van der Waals surface area contributed by atoms with Gasteiger partial charge in [0.25, 0.3) is 0 Å². The van der Waals surface area contributed by atoms with Crippen molar-refractivity contribution in [2.45, 2.75) is 51.7 Å². The Bertz CT molecular complexity index is 1180. The van der Waals surface area contributed by atoms with E-state index in [0.717, 1.165) is 16.7 Å². The van der Waals surface area contributed by atoms with Gasteiger partial charge in [-0.1, -0.05) is 83.3 Å². The van der Waals surface area contributed by atoms with Crippen molar-refractivity contribution in [1.29, 1.82) is 0 Å². The fourth-order valence-electron chi connectivity index (χ4n) is 3.76. The molecule has 0 radical (unpaired) electrons. The quantitative estimate of drug-likeness (QED) is 0.350. The summed E-state index contributed by atoms with van der Waals surface area (Å²) in [6.45, 7) is 5.95. The summed E-state index contributed by atoms with van der Waals surface area (Å²) in [4.78, 5) is 28.9. The van der Waals surface area contributed by atoms with Crippen molar-refractivity contribution in [3.8, 4) is 0 Å². The summed E-state index contributed by atoms with van der Waals surface area (Å²) in [5, 5.41) is 4.43. The highest BCUT2D eigenvalue weighted by Crippen LogP contribution is 2.25. The van der Waals surface area contributed by atoms with E-state index in [9.17, 15) is 9.59 Å². The average molecular weight is 532 g/mol. The second-order valence-electron chi connectivity index (χ2n) is 9.52. The van der Waals surface area contributed by atoms with E-state index in [1.807, 2.05) is 69.3 Å². The fraction of sp³-hybridized carbons (Fsp3) is 0.286. The first-order chi connectivity index (χ1) is 16.5. The number of benzene rings is 3. The lowest BCUT2D eigenvalue weighted by molar-refractivity contribution is -0.141. The Morgan fingerprint density at radius 1 is 0.829 bits per heavy atom. The molecule has 0 aliphatic rings. The number of amides is 2. The highest BCUT2D eigenvalue weighted by molar-refractivity contribution is 6.42. The number of carbonyl (C=O) groups excluding carboxylic acids is 2. The van der Waals surface area contributed by atoms with E-state index in [1.54, 1.807) is 29.2 Å². The van der Waals surface area contributed by atoms with Crippen LogP contribution < -0.4 is 5.32 Å². The second-order valence-corrected chi connectivity index (χ2v) is 10.8. The summed E-state index contributed by atoms with van der Waals surface area (Å²) in [5.74, 6) is -0.413. The van der Waals surface area contributed by atoms with E-state index < -0.39 is 11.6 Å². The summed E-state index contributed by atoms with van der Waals surface area (Å²) >= 11 is 18.5. The van der Waals surface area contributed by atoms with Gasteiger partial charge in [0.05, 0.1) is 16.5 Å². The largest absolute Gasteiger partial charge is 0.350 e. The molecule has 0 fully saturated rings. The minimum Gasteiger partial charge on any atom is -0.350 e. The SMILES string of the molecule is CC(C)(C)NC(=O)[C@H](Cc1ccccc1)N(Cc1ccc(Cl)c(Cl)c1)C(=O)Cc1cccc(Cl)c1. The summed E-state index contributed by atoms with van der Waals surface area (Å²) in [6, 6.07) is 21.4. The van der Waals surface area contributed by atoms with Gasteiger partial charge < -0.3 is 10.2 Å². The lowest BCUT2D eigenvalue weighted by Crippen LogP contribution is -2.54. The van der Waals surface area contributed by atoms with Gasteiger partial charge in [0.15, 0.2) is 0 Å². The van der Waals surface area contributed by atoms with Crippen LogP contribution >= 0.6 is 34.8 Å². The van der Waals surface area contributed by atoms with Gasteiger partial charge in [-0.05, 0) is 61.7 Å². The zero-order chi connectivity index (χ0) is 25.6. The Morgan fingerprint density at radius 2 is 1.51 bits per heavy atom. The maximum atomic E-state index is 13.7. The Kier molecular flexibility index (Phi) is 9.23. The predicted molar refractivity (Wildman–Crippen MR) is 144 cm³/mol. The summed E-state index contributed by atoms with van der Waals surface area (Å²) in [5.41, 5.74) is 2.05. The van der Waals surface area contributed by atoms with Crippen LogP contribution in [0.4, 0.5) is 0 Å². The molecule has 3 aromatic carbocycles. The molecule has 184 valence electrons. The summed E-state index contributed by atoms with van der Waals surface area (Å²) < 4.78 is 0. The maximum Gasteiger partial charge on any atom is 0.243 e. The number of hydrogen-bond donors (Lipinski definition) is 1. The smallest absolute Gasteiger partial charge is 0.243 e. The Hall–Kier alpha value is -2.53. The molecule has 3 aromatic rings. The molecule has 0 heterocycles. The first kappa shape index (κ1) is 27.1. The molecule has 0 spiro atoms. The van der Waals surface area contributed by atoms with Gasteiger partial charge in [0.1, 0.15) is 6.04 Å². The van der Waals surface area contributed by atoms with Crippen molar-refractivity contribution in [3.05, 3.63) is 105 Å². The van der Waals surface area contributed by atoms with Crippen LogP contribution in [0.1, 0.15) is 37.5 Å². The number of rotatable bonds is 8. The molecule has 1 N–H and O–H groups in total. The van der Waals surface area contributed by atoms with Gasteiger partial charge >= 0.3 is 0 Å². The van der Waals surface area contributed by atoms with E-state index in [1.165, 1.54) is 0 Å². The zero-order valence-corrected chi connectivity index (χ0v) is 22.3. The molecule has 2 amide bonds. The minimum atomic E-state index is -0.738. The molecular formula is C28H29Cl3N2O2. The summed E-state index contributed by atoms with van der Waals surface area (Å²) in [7, 11) is 0. The van der Waals surface area contributed by atoms with Crippen molar-refractivity contribution in [2.75, 3.05) is 0 Å². The molecule has 35 heavy (non-hydrogen) atoms. The van der Waals surface area contributed by atoms with Crippen LogP contribution in [0.5, 0.6) is 0 Å². The van der Waals surface area contributed by atoms with E-state index in [2.05, 4.69) is 5.32 Å². The zero-order valence-electron chi connectivity index (χ0n) is 20.0. The third-order valence-corrected chi connectivity index (χ3v) is 6.32. The highest BCUT2D eigenvalue weighted by Gasteiger charge is 2.32. The Morgan fingerprint density at radius 3 is 2.14 bits per heavy atom. The number of halogens is 3. The van der Waals surface area contributed by atoms with Gasteiger partial charge in [0, 0.05) is 23.5 Å². The maximum absolute atomic E-state index is 13.7. The van der Waals surface area contributed by atoms with Gasteiger partial charge in [0.2, 0.25) is 11.8 Å². The van der Waals surface area contributed by atoms with Crippen LogP contribution in [0.15, 0.2) is 72.8 Å². The third-order valence-electron chi connectivity index (χ3n) is 5.35.